The lowest BCUT2D eigenvalue weighted by Crippen LogP contribution is -2.14. The van der Waals surface area contributed by atoms with E-state index in [4.69, 9.17) is 14.7 Å². The molecule has 0 spiro atoms. The number of amidine groups is 1. The number of nitrogens with zero attached hydrogens (tertiary/aromatic N) is 2. The maximum absolute atomic E-state index is 11.4. The Bertz CT molecular complexity index is 569. The van der Waals surface area contributed by atoms with Crippen LogP contribution in [0.3, 0.4) is 0 Å². The van der Waals surface area contributed by atoms with Crippen LogP contribution in [0, 0.1) is 11.5 Å². The van der Waals surface area contributed by atoms with E-state index in [-0.39, 0.29) is 6.61 Å². The van der Waals surface area contributed by atoms with Crippen LogP contribution >= 0.6 is 11.8 Å². The van der Waals surface area contributed by atoms with Gasteiger partial charge in [-0.15, -0.1) is 0 Å². The van der Waals surface area contributed by atoms with E-state index in [9.17, 15) is 4.79 Å². The van der Waals surface area contributed by atoms with E-state index in [1.165, 1.54) is 18.9 Å². The first-order valence-electron chi connectivity index (χ1n) is 6.04. The van der Waals surface area contributed by atoms with Crippen LogP contribution in [0.4, 0.5) is 16.2 Å². The summed E-state index contributed by atoms with van der Waals surface area (Å²) >= 11 is 1.31. The van der Waals surface area contributed by atoms with Gasteiger partial charge in [0.15, 0.2) is 11.4 Å². The lowest BCUT2D eigenvalue weighted by atomic mass is 10.2. The van der Waals surface area contributed by atoms with Crippen LogP contribution in [0.25, 0.3) is 0 Å². The van der Waals surface area contributed by atoms with Gasteiger partial charge in [0.05, 0.1) is 25.1 Å². The van der Waals surface area contributed by atoms with Crippen molar-refractivity contribution in [2.45, 2.75) is 6.92 Å². The fourth-order valence-electron chi connectivity index (χ4n) is 1.42. The summed E-state index contributed by atoms with van der Waals surface area (Å²) in [6.07, 6.45) is 3.06. The molecule has 0 atom stereocenters. The quantitative estimate of drug-likeness (QED) is 0.384. The van der Waals surface area contributed by atoms with E-state index in [1.807, 2.05) is 6.19 Å². The van der Waals surface area contributed by atoms with Crippen molar-refractivity contribution in [2.75, 3.05) is 25.3 Å². The van der Waals surface area contributed by atoms with E-state index >= 15 is 0 Å². The molecule has 1 aromatic carbocycles. The largest absolute Gasteiger partial charge is 0.494 e. The standard InChI is InChI=1S/C13H16N4O3S/c1-4-20-13(18)17-10-6-5-9(7-11(10)19-2)16-12(21-3)15-8-14/h5-7H,4H2,1-3H3,(H,15,16)(H,17,18). The van der Waals surface area contributed by atoms with Crippen LogP contribution < -0.4 is 15.4 Å². The minimum absolute atomic E-state index is 0.285. The van der Waals surface area contributed by atoms with Crippen molar-refractivity contribution in [1.29, 1.82) is 5.26 Å². The number of hydrogen-bond donors (Lipinski definition) is 2. The summed E-state index contributed by atoms with van der Waals surface area (Å²) in [7, 11) is 1.49. The van der Waals surface area contributed by atoms with E-state index in [0.29, 0.717) is 22.3 Å². The molecule has 0 aliphatic carbocycles. The third-order valence-corrected chi connectivity index (χ3v) is 2.86. The third kappa shape index (κ3) is 5.24. The van der Waals surface area contributed by atoms with Gasteiger partial charge < -0.3 is 9.47 Å². The maximum Gasteiger partial charge on any atom is 0.411 e. The summed E-state index contributed by atoms with van der Waals surface area (Å²) in [4.78, 5) is 15.7. The average molecular weight is 308 g/mol. The number of benzene rings is 1. The number of carbonyl (C=O) groups is 1. The van der Waals surface area contributed by atoms with Crippen LogP contribution in [0.15, 0.2) is 23.2 Å². The Hall–Kier alpha value is -2.40. The van der Waals surface area contributed by atoms with Gasteiger partial charge in [-0.3, -0.25) is 10.6 Å². The molecule has 8 heteroatoms. The number of nitriles is 1. The molecular formula is C13H16N4O3S. The van der Waals surface area contributed by atoms with Gasteiger partial charge in [0.1, 0.15) is 5.75 Å². The van der Waals surface area contributed by atoms with Crippen LogP contribution in [0.2, 0.25) is 0 Å². The number of aliphatic imine (C=N–C) groups is 1. The Labute approximate surface area is 127 Å². The Balaban J connectivity index is 2.98. The number of anilines is 1. The fourth-order valence-corrected chi connectivity index (χ4v) is 1.76. The van der Waals surface area contributed by atoms with Crippen molar-refractivity contribution in [3.63, 3.8) is 0 Å². The maximum atomic E-state index is 11.4. The number of hydrogen-bond acceptors (Lipinski definition) is 6. The highest BCUT2D eigenvalue weighted by atomic mass is 32.2. The number of ether oxygens (including phenoxy) is 2. The summed E-state index contributed by atoms with van der Waals surface area (Å²) in [6.45, 7) is 2.01. The van der Waals surface area contributed by atoms with Crippen LogP contribution in [-0.4, -0.2) is 31.2 Å². The zero-order valence-corrected chi connectivity index (χ0v) is 12.8. The van der Waals surface area contributed by atoms with Gasteiger partial charge in [-0.25, -0.2) is 9.79 Å². The molecule has 0 fully saturated rings. The molecule has 0 bridgehead atoms. The number of rotatable bonds is 4. The van der Waals surface area contributed by atoms with Gasteiger partial charge in [0.25, 0.3) is 0 Å². The second kappa shape index (κ2) is 8.71. The lowest BCUT2D eigenvalue weighted by molar-refractivity contribution is 0.168. The van der Waals surface area contributed by atoms with Gasteiger partial charge in [0.2, 0.25) is 0 Å². The molecule has 0 aliphatic heterocycles. The van der Waals surface area contributed by atoms with Gasteiger partial charge in [-0.2, -0.15) is 5.26 Å². The van der Waals surface area contributed by atoms with Crippen molar-refractivity contribution in [1.82, 2.24) is 5.32 Å². The van der Waals surface area contributed by atoms with Crippen LogP contribution in [0.1, 0.15) is 6.92 Å². The predicted octanol–water partition coefficient (Wildman–Crippen LogP) is 2.68. The number of methoxy groups -OCH3 is 1. The molecule has 0 unspecified atom stereocenters. The second-order valence-corrected chi connectivity index (χ2v) is 4.38. The third-order valence-electron chi connectivity index (χ3n) is 2.28. The minimum Gasteiger partial charge on any atom is -0.494 e. The molecule has 112 valence electrons. The van der Waals surface area contributed by atoms with Gasteiger partial charge in [-0.05, 0) is 25.3 Å². The summed E-state index contributed by atoms with van der Waals surface area (Å²) in [6, 6.07) is 5.00. The molecule has 1 aromatic rings. The molecule has 2 N–H and O–H groups in total. The number of carbonyl (C=O) groups excluding carboxylic acids is 1. The summed E-state index contributed by atoms with van der Waals surface area (Å²) in [5.41, 5.74) is 1.07. The predicted molar refractivity (Wildman–Crippen MR) is 83.0 cm³/mol. The fraction of sp³-hybridized carbons (Fsp3) is 0.308. The molecule has 7 nitrogen and oxygen atoms in total. The van der Waals surface area contributed by atoms with Gasteiger partial charge >= 0.3 is 6.09 Å². The highest BCUT2D eigenvalue weighted by Gasteiger charge is 2.09. The van der Waals surface area contributed by atoms with Gasteiger partial charge in [0, 0.05) is 6.07 Å². The number of amides is 1. The monoisotopic (exact) mass is 308 g/mol. The second-order valence-electron chi connectivity index (χ2n) is 3.59. The molecule has 0 aliphatic rings. The highest BCUT2D eigenvalue weighted by molar-refractivity contribution is 8.13. The first-order chi connectivity index (χ1) is 10.1. The topological polar surface area (TPSA) is 95.7 Å². The smallest absolute Gasteiger partial charge is 0.411 e. The SMILES string of the molecule is CCOC(=O)Nc1ccc(N=C(NC#N)SC)cc1OC. The van der Waals surface area contributed by atoms with E-state index in [0.717, 1.165) is 0 Å². The van der Waals surface area contributed by atoms with Crippen molar-refractivity contribution in [3.8, 4) is 11.9 Å². The molecule has 21 heavy (non-hydrogen) atoms. The highest BCUT2D eigenvalue weighted by Crippen LogP contribution is 2.29. The molecule has 0 heterocycles. The lowest BCUT2D eigenvalue weighted by Gasteiger charge is -2.10. The van der Waals surface area contributed by atoms with Crippen molar-refractivity contribution in [3.05, 3.63) is 18.2 Å². The Kier molecular flexibility index (Phi) is 6.91. The Morgan fingerprint density at radius 3 is 2.86 bits per heavy atom. The van der Waals surface area contributed by atoms with Gasteiger partial charge in [-0.1, -0.05) is 11.8 Å². The average Bonchev–Trinajstić information content (AvgIpc) is 2.48. The molecular weight excluding hydrogens is 292 g/mol. The molecule has 1 amide bonds. The Morgan fingerprint density at radius 2 is 2.29 bits per heavy atom. The van der Waals surface area contributed by atoms with Crippen molar-refractivity contribution < 1.29 is 14.3 Å². The van der Waals surface area contributed by atoms with Crippen molar-refractivity contribution >= 4 is 34.4 Å². The molecule has 0 saturated heterocycles. The number of thioether (sulfide) groups is 1. The molecule has 0 aromatic heterocycles. The summed E-state index contributed by atoms with van der Waals surface area (Å²) < 4.78 is 10.0. The first kappa shape index (κ1) is 16.7. The van der Waals surface area contributed by atoms with Crippen LogP contribution in [-0.2, 0) is 4.74 Å². The molecule has 0 saturated carbocycles. The summed E-state index contributed by atoms with van der Waals surface area (Å²) in [5.74, 6) is 0.446. The zero-order chi connectivity index (χ0) is 15.7. The number of nitrogens with one attached hydrogen (secondary N) is 2. The molecule has 1 rings (SSSR count). The van der Waals surface area contributed by atoms with E-state index in [2.05, 4.69) is 15.6 Å². The molecule has 0 radical (unpaired) electrons. The zero-order valence-electron chi connectivity index (χ0n) is 12.0. The van der Waals surface area contributed by atoms with E-state index < -0.39 is 6.09 Å². The normalized spacial score (nSPS) is 10.5. The minimum atomic E-state index is -0.553. The van der Waals surface area contributed by atoms with Crippen LogP contribution in [0.5, 0.6) is 5.75 Å². The first-order valence-corrected chi connectivity index (χ1v) is 7.26. The Morgan fingerprint density at radius 1 is 1.52 bits per heavy atom. The van der Waals surface area contributed by atoms with E-state index in [1.54, 1.807) is 31.4 Å². The summed E-state index contributed by atoms with van der Waals surface area (Å²) in [5, 5.41) is 14.1. The van der Waals surface area contributed by atoms with Crippen molar-refractivity contribution in [2.24, 2.45) is 4.99 Å².